The molecule has 1 atom stereocenters. The van der Waals surface area contributed by atoms with Gasteiger partial charge >= 0.3 is 12.1 Å². The minimum absolute atomic E-state index is 0.0265. The molecule has 0 aliphatic heterocycles. The Hall–Kier alpha value is -3.39. The minimum atomic E-state index is -1.06. The average molecular weight is 469 g/mol. The molecule has 3 N–H and O–H groups in total. The van der Waals surface area contributed by atoms with Crippen LogP contribution in [0, 0.1) is 0 Å². The molecular weight excluding hydrogens is 436 g/mol. The van der Waals surface area contributed by atoms with Crippen LogP contribution >= 0.6 is 0 Å². The summed E-state index contributed by atoms with van der Waals surface area (Å²) < 4.78 is 10.5. The highest BCUT2D eigenvalue weighted by Gasteiger charge is 2.29. The topological polar surface area (TPSA) is 114 Å². The molecule has 8 nitrogen and oxygen atoms in total. The zero-order valence-electron chi connectivity index (χ0n) is 19.4. The number of carboxylic acid groups (broad SMARTS) is 1. The molecule has 8 heteroatoms. The van der Waals surface area contributed by atoms with Crippen molar-refractivity contribution in [1.82, 2.24) is 10.6 Å². The Kier molecular flexibility index (Phi) is 9.46. The summed E-state index contributed by atoms with van der Waals surface area (Å²) in [7, 11) is 0. The Morgan fingerprint density at radius 2 is 1.68 bits per heavy atom. The fourth-order valence-corrected chi connectivity index (χ4v) is 4.20. The van der Waals surface area contributed by atoms with Crippen LogP contribution in [-0.2, 0) is 19.1 Å². The molecule has 0 radical (unpaired) electrons. The zero-order valence-corrected chi connectivity index (χ0v) is 19.4. The Morgan fingerprint density at radius 1 is 1.03 bits per heavy atom. The number of benzene rings is 2. The number of hydrogen-bond donors (Lipinski definition) is 3. The van der Waals surface area contributed by atoms with Crippen molar-refractivity contribution in [2.24, 2.45) is 0 Å². The smallest absolute Gasteiger partial charge is 0.407 e. The molecule has 3 rings (SSSR count). The van der Waals surface area contributed by atoms with Gasteiger partial charge in [-0.1, -0.05) is 68.3 Å². The molecule has 0 unspecified atom stereocenters. The molecular formula is C26H32N2O6. The van der Waals surface area contributed by atoms with Crippen LogP contribution in [-0.4, -0.2) is 55.5 Å². The number of aliphatic carboxylic acids is 1. The van der Waals surface area contributed by atoms with Crippen LogP contribution in [0.2, 0.25) is 0 Å². The Labute approximate surface area is 199 Å². The van der Waals surface area contributed by atoms with Crippen molar-refractivity contribution in [2.75, 3.05) is 26.4 Å². The van der Waals surface area contributed by atoms with E-state index < -0.39 is 18.7 Å². The number of nitrogens with one attached hydrogen (secondary N) is 2. The molecule has 0 saturated heterocycles. The van der Waals surface area contributed by atoms with Crippen LogP contribution in [0.1, 0.15) is 49.7 Å². The molecule has 0 aromatic heterocycles. The molecule has 0 bridgehead atoms. The second-order valence-corrected chi connectivity index (χ2v) is 8.31. The van der Waals surface area contributed by atoms with Gasteiger partial charge in [0, 0.05) is 24.9 Å². The first-order valence-corrected chi connectivity index (χ1v) is 11.7. The lowest BCUT2D eigenvalue weighted by molar-refractivity contribution is -0.142. The van der Waals surface area contributed by atoms with Crippen molar-refractivity contribution in [3.8, 4) is 11.1 Å². The molecule has 2 aromatic carbocycles. The number of ether oxygens (including phenoxy) is 2. The normalized spacial score (nSPS) is 13.0. The van der Waals surface area contributed by atoms with Crippen LogP contribution in [0.25, 0.3) is 11.1 Å². The van der Waals surface area contributed by atoms with E-state index in [2.05, 4.69) is 34.9 Å². The summed E-state index contributed by atoms with van der Waals surface area (Å²) in [6.07, 6.45) is 2.03. The molecule has 0 heterocycles. The lowest BCUT2D eigenvalue weighted by atomic mass is 9.98. The highest BCUT2D eigenvalue weighted by atomic mass is 16.5. The van der Waals surface area contributed by atoms with E-state index in [4.69, 9.17) is 14.6 Å². The van der Waals surface area contributed by atoms with Crippen LogP contribution in [0.4, 0.5) is 4.79 Å². The predicted molar refractivity (Wildman–Crippen MR) is 128 cm³/mol. The van der Waals surface area contributed by atoms with E-state index in [1.54, 1.807) is 0 Å². The van der Waals surface area contributed by atoms with E-state index >= 15 is 0 Å². The minimum Gasteiger partial charge on any atom is -0.480 e. The van der Waals surface area contributed by atoms with Gasteiger partial charge in [0.2, 0.25) is 5.91 Å². The van der Waals surface area contributed by atoms with Gasteiger partial charge in [-0.05, 0) is 28.7 Å². The van der Waals surface area contributed by atoms with Crippen molar-refractivity contribution in [3.63, 3.8) is 0 Å². The fraction of sp³-hybridized carbons (Fsp3) is 0.423. The SMILES string of the molecule is CCCC[C@@H](CC(=O)NCCOCC(=O)O)NC(=O)OCC1c2ccccc2-c2ccccc21. The van der Waals surface area contributed by atoms with Gasteiger partial charge in [-0.25, -0.2) is 9.59 Å². The molecule has 0 saturated carbocycles. The summed E-state index contributed by atoms with van der Waals surface area (Å²) in [5, 5.41) is 14.1. The number of rotatable bonds is 13. The standard InChI is InChI=1S/C26H32N2O6/c1-2-3-8-18(15-24(29)27-13-14-33-17-25(30)31)28-26(32)34-16-23-21-11-6-4-9-19(21)20-10-5-7-12-22(20)23/h4-7,9-12,18,23H,2-3,8,13-17H2,1H3,(H,27,29)(H,28,32)(H,30,31)/t18-/m0/s1. The molecule has 0 spiro atoms. The molecule has 1 aliphatic carbocycles. The van der Waals surface area contributed by atoms with E-state index in [9.17, 15) is 14.4 Å². The predicted octanol–water partition coefficient (Wildman–Crippen LogP) is 3.69. The Morgan fingerprint density at radius 3 is 2.29 bits per heavy atom. The number of carbonyl (C=O) groups is 3. The zero-order chi connectivity index (χ0) is 24.3. The van der Waals surface area contributed by atoms with Gasteiger partial charge in [-0.2, -0.15) is 0 Å². The maximum absolute atomic E-state index is 12.6. The van der Waals surface area contributed by atoms with Crippen molar-refractivity contribution >= 4 is 18.0 Å². The molecule has 2 aromatic rings. The number of amides is 2. The number of carboxylic acids is 1. The van der Waals surface area contributed by atoms with Gasteiger partial charge in [-0.3, -0.25) is 4.79 Å². The second-order valence-electron chi connectivity index (χ2n) is 8.31. The molecule has 182 valence electrons. The van der Waals surface area contributed by atoms with Gasteiger partial charge in [0.1, 0.15) is 13.2 Å². The van der Waals surface area contributed by atoms with Crippen LogP contribution < -0.4 is 10.6 Å². The average Bonchev–Trinajstić information content (AvgIpc) is 3.14. The first kappa shape index (κ1) is 25.2. The van der Waals surface area contributed by atoms with Crippen molar-refractivity contribution in [3.05, 3.63) is 59.7 Å². The summed E-state index contributed by atoms with van der Waals surface area (Å²) in [4.78, 5) is 35.3. The van der Waals surface area contributed by atoms with Gasteiger partial charge in [0.05, 0.1) is 6.61 Å². The van der Waals surface area contributed by atoms with E-state index in [0.29, 0.717) is 6.42 Å². The summed E-state index contributed by atoms with van der Waals surface area (Å²) in [5.74, 6) is -1.32. The van der Waals surface area contributed by atoms with Crippen LogP contribution in [0.15, 0.2) is 48.5 Å². The highest BCUT2D eigenvalue weighted by Crippen LogP contribution is 2.44. The van der Waals surface area contributed by atoms with Crippen molar-refractivity contribution in [1.29, 1.82) is 0 Å². The van der Waals surface area contributed by atoms with Crippen molar-refractivity contribution < 1.29 is 29.0 Å². The van der Waals surface area contributed by atoms with E-state index in [-0.39, 0.29) is 44.0 Å². The highest BCUT2D eigenvalue weighted by molar-refractivity contribution is 5.79. The first-order chi connectivity index (χ1) is 16.5. The Bertz CT molecular complexity index is 947. The third kappa shape index (κ3) is 7.05. The summed E-state index contributed by atoms with van der Waals surface area (Å²) in [5.41, 5.74) is 4.61. The number of fused-ring (bicyclic) bond motifs is 3. The van der Waals surface area contributed by atoms with E-state index in [1.165, 1.54) is 0 Å². The summed E-state index contributed by atoms with van der Waals surface area (Å²) in [6.45, 7) is 2.17. The molecule has 34 heavy (non-hydrogen) atoms. The third-order valence-corrected chi connectivity index (χ3v) is 5.80. The second kappa shape index (κ2) is 12.7. The number of alkyl carbamates (subject to hydrolysis) is 1. The van der Waals surface area contributed by atoms with Gasteiger partial charge < -0.3 is 25.2 Å². The maximum Gasteiger partial charge on any atom is 0.407 e. The maximum atomic E-state index is 12.6. The lowest BCUT2D eigenvalue weighted by Gasteiger charge is -2.20. The summed E-state index contributed by atoms with van der Waals surface area (Å²) >= 11 is 0. The van der Waals surface area contributed by atoms with E-state index in [0.717, 1.165) is 35.1 Å². The number of hydrogen-bond acceptors (Lipinski definition) is 5. The van der Waals surface area contributed by atoms with Gasteiger partial charge in [0.15, 0.2) is 0 Å². The van der Waals surface area contributed by atoms with Gasteiger partial charge in [-0.15, -0.1) is 0 Å². The van der Waals surface area contributed by atoms with Gasteiger partial charge in [0.25, 0.3) is 0 Å². The molecule has 1 aliphatic rings. The van der Waals surface area contributed by atoms with Crippen LogP contribution in [0.5, 0.6) is 0 Å². The number of unbranched alkanes of at least 4 members (excludes halogenated alkanes) is 1. The van der Waals surface area contributed by atoms with Crippen molar-refractivity contribution in [2.45, 2.75) is 44.6 Å². The Balaban J connectivity index is 1.51. The first-order valence-electron chi connectivity index (χ1n) is 11.7. The van der Waals surface area contributed by atoms with E-state index in [1.807, 2.05) is 31.2 Å². The van der Waals surface area contributed by atoms with Crippen LogP contribution in [0.3, 0.4) is 0 Å². The quantitative estimate of drug-likeness (QED) is 0.386. The monoisotopic (exact) mass is 468 g/mol. The molecule has 0 fully saturated rings. The fourth-order valence-electron chi connectivity index (χ4n) is 4.20. The summed E-state index contributed by atoms with van der Waals surface area (Å²) in [6, 6.07) is 15.9. The largest absolute Gasteiger partial charge is 0.480 e. The third-order valence-electron chi connectivity index (χ3n) is 5.80. The molecule has 2 amide bonds. The lowest BCUT2D eigenvalue weighted by Crippen LogP contribution is -2.40. The number of carbonyl (C=O) groups excluding carboxylic acids is 2.